The molecule has 1 aromatic heterocycles. The molecule has 1 saturated heterocycles. The molecule has 104 valence electrons. The number of rotatable bonds is 1. The molecule has 2 bridgehead atoms. The Balaban J connectivity index is 1.90. The van der Waals surface area contributed by atoms with Gasteiger partial charge in [-0.1, -0.05) is 20.8 Å². The molecular weight excluding hydrogens is 234 g/mol. The van der Waals surface area contributed by atoms with Gasteiger partial charge < -0.3 is 0 Å². The summed E-state index contributed by atoms with van der Waals surface area (Å²) in [5.74, 6) is 0.776. The van der Waals surface area contributed by atoms with Crippen molar-refractivity contribution in [1.82, 2.24) is 14.7 Å². The van der Waals surface area contributed by atoms with Crippen LogP contribution < -0.4 is 0 Å². The van der Waals surface area contributed by atoms with Crippen LogP contribution in [-0.2, 0) is 12.0 Å². The highest BCUT2D eigenvalue weighted by Gasteiger charge is 2.39. The third kappa shape index (κ3) is 1.85. The Morgan fingerprint density at radius 3 is 2.32 bits per heavy atom. The summed E-state index contributed by atoms with van der Waals surface area (Å²) in [7, 11) is 0. The van der Waals surface area contributed by atoms with Crippen molar-refractivity contribution in [3.05, 3.63) is 17.0 Å². The molecular formula is C16H25N3. The first-order chi connectivity index (χ1) is 9.04. The van der Waals surface area contributed by atoms with E-state index < -0.39 is 0 Å². The van der Waals surface area contributed by atoms with E-state index in [-0.39, 0.29) is 5.41 Å². The molecule has 0 atom stereocenters. The van der Waals surface area contributed by atoms with Crippen LogP contribution in [0.2, 0.25) is 0 Å². The molecule has 3 aliphatic heterocycles. The van der Waals surface area contributed by atoms with Crippen molar-refractivity contribution in [2.24, 2.45) is 0 Å². The van der Waals surface area contributed by atoms with Gasteiger partial charge in [0.05, 0.1) is 11.7 Å². The van der Waals surface area contributed by atoms with Crippen molar-refractivity contribution in [1.29, 1.82) is 0 Å². The summed E-state index contributed by atoms with van der Waals surface area (Å²) in [4.78, 5) is 2.64. The van der Waals surface area contributed by atoms with E-state index in [0.29, 0.717) is 0 Å². The van der Waals surface area contributed by atoms with E-state index in [0.717, 1.165) is 18.5 Å². The lowest BCUT2D eigenvalue weighted by Gasteiger charge is -2.27. The lowest BCUT2D eigenvalue weighted by molar-refractivity contribution is 0.216. The molecule has 3 heteroatoms. The average molecular weight is 259 g/mol. The normalized spacial score (nSPS) is 30.3. The van der Waals surface area contributed by atoms with E-state index in [4.69, 9.17) is 5.10 Å². The van der Waals surface area contributed by atoms with E-state index >= 15 is 0 Å². The van der Waals surface area contributed by atoms with E-state index in [9.17, 15) is 0 Å². The second kappa shape index (κ2) is 3.85. The third-order valence-electron chi connectivity index (χ3n) is 5.01. The largest absolute Gasteiger partial charge is 0.299 e. The zero-order chi connectivity index (χ0) is 13.2. The molecule has 19 heavy (non-hydrogen) atoms. The number of piperidine rings is 1. The molecule has 0 aromatic carbocycles. The van der Waals surface area contributed by atoms with E-state index in [1.165, 1.54) is 44.5 Å². The lowest BCUT2D eigenvalue weighted by Crippen LogP contribution is -2.30. The SMILES string of the molecule is CC(C)(C)c1nn(C2CC2)c2c1CN1CCC2CC1. The number of aromatic nitrogens is 2. The minimum absolute atomic E-state index is 0.176. The molecule has 0 unspecified atom stereocenters. The predicted octanol–water partition coefficient (Wildman–Crippen LogP) is 3.21. The zero-order valence-electron chi connectivity index (χ0n) is 12.4. The molecule has 4 heterocycles. The monoisotopic (exact) mass is 259 g/mol. The van der Waals surface area contributed by atoms with Crippen LogP contribution in [0.3, 0.4) is 0 Å². The zero-order valence-corrected chi connectivity index (χ0v) is 12.4. The van der Waals surface area contributed by atoms with Crippen LogP contribution >= 0.6 is 0 Å². The van der Waals surface area contributed by atoms with Crippen LogP contribution in [0.5, 0.6) is 0 Å². The number of hydrogen-bond acceptors (Lipinski definition) is 2. The second-order valence-corrected chi connectivity index (χ2v) is 7.69. The lowest BCUT2D eigenvalue weighted by atomic mass is 9.86. The summed E-state index contributed by atoms with van der Waals surface area (Å²) in [6.45, 7) is 10.7. The fourth-order valence-corrected chi connectivity index (χ4v) is 3.86. The fourth-order valence-electron chi connectivity index (χ4n) is 3.86. The Bertz CT molecular complexity index is 497. The van der Waals surface area contributed by atoms with Gasteiger partial charge in [0, 0.05) is 29.1 Å². The Hall–Kier alpha value is -0.830. The topological polar surface area (TPSA) is 21.1 Å². The van der Waals surface area contributed by atoms with Gasteiger partial charge in [-0.3, -0.25) is 9.58 Å². The van der Waals surface area contributed by atoms with Gasteiger partial charge in [0.1, 0.15) is 0 Å². The number of fused-ring (bicyclic) bond motifs is 2. The Morgan fingerprint density at radius 1 is 1.05 bits per heavy atom. The first kappa shape index (κ1) is 12.0. The molecule has 4 aliphatic rings. The summed E-state index contributed by atoms with van der Waals surface area (Å²) in [6, 6.07) is 0.719. The van der Waals surface area contributed by atoms with E-state index in [1.807, 2.05) is 0 Å². The van der Waals surface area contributed by atoms with Crippen molar-refractivity contribution in [2.45, 2.75) is 70.4 Å². The standard InChI is InChI=1S/C16H25N3/c1-16(2,3)15-13-10-18-8-6-11(7-9-18)14(13)19(17-15)12-4-5-12/h11-12H,4-10H2,1-3H3. The maximum atomic E-state index is 5.08. The highest BCUT2D eigenvalue weighted by Crippen LogP contribution is 2.45. The van der Waals surface area contributed by atoms with Crippen LogP contribution in [0.15, 0.2) is 0 Å². The van der Waals surface area contributed by atoms with Crippen LogP contribution in [0.1, 0.15) is 75.4 Å². The fraction of sp³-hybridized carbons (Fsp3) is 0.812. The van der Waals surface area contributed by atoms with E-state index in [1.54, 1.807) is 11.3 Å². The first-order valence-corrected chi connectivity index (χ1v) is 7.88. The molecule has 0 N–H and O–H groups in total. The van der Waals surface area contributed by atoms with Gasteiger partial charge in [0.25, 0.3) is 0 Å². The summed E-state index contributed by atoms with van der Waals surface area (Å²) < 4.78 is 2.44. The highest BCUT2D eigenvalue weighted by atomic mass is 15.3. The Labute approximate surface area is 116 Å². The molecule has 5 rings (SSSR count). The third-order valence-corrected chi connectivity index (χ3v) is 5.01. The summed E-state index contributed by atoms with van der Waals surface area (Å²) >= 11 is 0. The molecule has 0 radical (unpaired) electrons. The van der Waals surface area contributed by atoms with Crippen molar-refractivity contribution in [3.8, 4) is 0 Å². The van der Waals surface area contributed by atoms with Crippen molar-refractivity contribution in [2.75, 3.05) is 13.1 Å². The predicted molar refractivity (Wildman–Crippen MR) is 76.5 cm³/mol. The molecule has 1 saturated carbocycles. The minimum atomic E-state index is 0.176. The summed E-state index contributed by atoms with van der Waals surface area (Å²) in [5, 5.41) is 5.08. The molecule has 2 fully saturated rings. The quantitative estimate of drug-likeness (QED) is 0.772. The van der Waals surface area contributed by atoms with Crippen LogP contribution in [0.4, 0.5) is 0 Å². The van der Waals surface area contributed by atoms with Crippen LogP contribution in [0, 0.1) is 0 Å². The second-order valence-electron chi connectivity index (χ2n) is 7.69. The summed E-state index contributed by atoms with van der Waals surface area (Å²) in [5.41, 5.74) is 4.75. The highest BCUT2D eigenvalue weighted by molar-refractivity contribution is 5.36. The van der Waals surface area contributed by atoms with Crippen molar-refractivity contribution >= 4 is 0 Å². The average Bonchev–Trinajstić information content (AvgIpc) is 3.16. The number of nitrogens with zero attached hydrogens (tertiary/aromatic N) is 3. The van der Waals surface area contributed by atoms with Gasteiger partial charge >= 0.3 is 0 Å². The molecule has 0 spiro atoms. The van der Waals surface area contributed by atoms with Gasteiger partial charge in [0.2, 0.25) is 0 Å². The van der Waals surface area contributed by atoms with Crippen LogP contribution in [-0.4, -0.2) is 27.8 Å². The van der Waals surface area contributed by atoms with Crippen molar-refractivity contribution < 1.29 is 0 Å². The van der Waals surface area contributed by atoms with Crippen molar-refractivity contribution in [3.63, 3.8) is 0 Å². The maximum absolute atomic E-state index is 5.08. The van der Waals surface area contributed by atoms with E-state index in [2.05, 4.69) is 30.4 Å². The Morgan fingerprint density at radius 2 is 1.74 bits per heavy atom. The minimum Gasteiger partial charge on any atom is -0.299 e. The van der Waals surface area contributed by atoms with Gasteiger partial charge in [-0.15, -0.1) is 0 Å². The smallest absolute Gasteiger partial charge is 0.0726 e. The summed E-state index contributed by atoms with van der Waals surface area (Å²) in [6.07, 6.45) is 5.37. The molecule has 3 nitrogen and oxygen atoms in total. The first-order valence-electron chi connectivity index (χ1n) is 7.88. The molecule has 0 amide bonds. The number of hydrogen-bond donors (Lipinski definition) is 0. The maximum Gasteiger partial charge on any atom is 0.0726 e. The van der Waals surface area contributed by atoms with Gasteiger partial charge in [-0.05, 0) is 38.8 Å². The Kier molecular flexibility index (Phi) is 2.42. The van der Waals surface area contributed by atoms with Gasteiger partial charge in [0.15, 0.2) is 0 Å². The molecule has 1 aliphatic carbocycles. The van der Waals surface area contributed by atoms with Gasteiger partial charge in [-0.2, -0.15) is 5.10 Å². The van der Waals surface area contributed by atoms with Crippen LogP contribution in [0.25, 0.3) is 0 Å². The molecule has 1 aromatic rings. The van der Waals surface area contributed by atoms with Gasteiger partial charge in [-0.25, -0.2) is 0 Å².